The molecule has 0 aliphatic heterocycles. The zero-order chi connectivity index (χ0) is 16.6. The SMILES string of the molecule is CC(C)CN(CCN(C)C)C(=O)N[C@H](CC(=O)O)C(=O)O. The van der Waals surface area contributed by atoms with Gasteiger partial charge in [0.15, 0.2) is 0 Å². The lowest BCUT2D eigenvalue weighted by Gasteiger charge is -2.27. The normalized spacial score (nSPS) is 12.3. The maximum absolute atomic E-state index is 12.1. The van der Waals surface area contributed by atoms with Gasteiger partial charge in [0, 0.05) is 19.6 Å². The van der Waals surface area contributed by atoms with E-state index < -0.39 is 30.4 Å². The van der Waals surface area contributed by atoms with Crippen molar-refractivity contribution in [2.24, 2.45) is 5.92 Å². The summed E-state index contributed by atoms with van der Waals surface area (Å²) < 4.78 is 0. The minimum Gasteiger partial charge on any atom is -0.481 e. The van der Waals surface area contributed by atoms with Crippen LogP contribution in [0.3, 0.4) is 0 Å². The lowest BCUT2D eigenvalue weighted by atomic mass is 10.2. The molecular formula is C13H25N3O5. The van der Waals surface area contributed by atoms with E-state index in [-0.39, 0.29) is 5.92 Å². The van der Waals surface area contributed by atoms with Crippen LogP contribution in [-0.2, 0) is 9.59 Å². The van der Waals surface area contributed by atoms with Gasteiger partial charge in [0.2, 0.25) is 0 Å². The Balaban J connectivity index is 4.75. The minimum absolute atomic E-state index is 0.223. The fraction of sp³-hybridized carbons (Fsp3) is 0.769. The molecule has 0 saturated carbocycles. The lowest BCUT2D eigenvalue weighted by Crippen LogP contribution is -2.50. The van der Waals surface area contributed by atoms with E-state index in [0.717, 1.165) is 0 Å². The number of hydrogen-bond acceptors (Lipinski definition) is 4. The van der Waals surface area contributed by atoms with Crippen LogP contribution < -0.4 is 5.32 Å². The van der Waals surface area contributed by atoms with Gasteiger partial charge in [-0.3, -0.25) is 4.79 Å². The predicted octanol–water partition coefficient (Wildman–Crippen LogP) is 0.144. The molecule has 0 fully saturated rings. The molecule has 0 aromatic rings. The third-order valence-corrected chi connectivity index (χ3v) is 2.66. The Kier molecular flexibility index (Phi) is 8.37. The summed E-state index contributed by atoms with van der Waals surface area (Å²) in [6, 6.07) is -1.98. The first-order valence-electron chi connectivity index (χ1n) is 6.78. The number of aliphatic carboxylic acids is 2. The second kappa shape index (κ2) is 9.17. The molecular weight excluding hydrogens is 278 g/mol. The van der Waals surface area contributed by atoms with Gasteiger partial charge in [-0.25, -0.2) is 9.59 Å². The van der Waals surface area contributed by atoms with Crippen LogP contribution >= 0.6 is 0 Å². The molecule has 0 aliphatic carbocycles. The van der Waals surface area contributed by atoms with Crippen LogP contribution in [-0.4, -0.2) is 77.8 Å². The molecule has 0 aromatic heterocycles. The summed E-state index contributed by atoms with van der Waals surface area (Å²) in [5.74, 6) is -2.41. The van der Waals surface area contributed by atoms with Crippen LogP contribution in [0.1, 0.15) is 20.3 Å². The molecule has 0 radical (unpaired) electrons. The molecule has 0 spiro atoms. The van der Waals surface area contributed by atoms with Gasteiger partial charge < -0.3 is 25.3 Å². The van der Waals surface area contributed by atoms with Crippen molar-refractivity contribution in [3.63, 3.8) is 0 Å². The average Bonchev–Trinajstić information content (AvgIpc) is 2.32. The van der Waals surface area contributed by atoms with Crippen LogP contribution in [0, 0.1) is 5.92 Å². The first kappa shape index (κ1) is 19.2. The third-order valence-electron chi connectivity index (χ3n) is 2.66. The summed E-state index contributed by atoms with van der Waals surface area (Å²) in [6.07, 6.45) is -0.649. The molecule has 2 amide bonds. The van der Waals surface area contributed by atoms with Crippen molar-refractivity contribution < 1.29 is 24.6 Å². The number of likely N-dealkylation sites (N-methyl/N-ethyl adjacent to an activating group) is 1. The molecule has 0 aromatic carbocycles. The number of nitrogens with one attached hydrogen (secondary N) is 1. The van der Waals surface area contributed by atoms with Gasteiger partial charge >= 0.3 is 18.0 Å². The Hall–Kier alpha value is -1.83. The molecule has 0 unspecified atom stereocenters. The van der Waals surface area contributed by atoms with Crippen molar-refractivity contribution >= 4 is 18.0 Å². The van der Waals surface area contributed by atoms with Crippen LogP contribution in [0.25, 0.3) is 0 Å². The number of carboxylic acids is 2. The standard InChI is InChI=1S/C13H25N3O5/c1-9(2)8-16(6-5-15(3)4)13(21)14-10(12(19)20)7-11(17)18/h9-10H,5-8H2,1-4H3,(H,14,21)(H,17,18)(H,19,20)/t10-/m1/s1. The number of rotatable bonds is 9. The summed E-state index contributed by atoms with van der Waals surface area (Å²) in [7, 11) is 3.74. The predicted molar refractivity (Wildman–Crippen MR) is 77.2 cm³/mol. The average molecular weight is 303 g/mol. The van der Waals surface area contributed by atoms with Gasteiger partial charge in [0.05, 0.1) is 6.42 Å². The monoisotopic (exact) mass is 303 g/mol. The van der Waals surface area contributed by atoms with Crippen LogP contribution in [0.5, 0.6) is 0 Å². The van der Waals surface area contributed by atoms with Gasteiger partial charge in [0.25, 0.3) is 0 Å². The van der Waals surface area contributed by atoms with E-state index in [1.165, 1.54) is 4.90 Å². The van der Waals surface area contributed by atoms with Gasteiger partial charge in [-0.2, -0.15) is 0 Å². The molecule has 0 aliphatic rings. The number of hydrogen-bond donors (Lipinski definition) is 3. The lowest BCUT2D eigenvalue weighted by molar-refractivity contribution is -0.145. The largest absolute Gasteiger partial charge is 0.481 e. The maximum atomic E-state index is 12.1. The van der Waals surface area contributed by atoms with E-state index in [4.69, 9.17) is 10.2 Å². The Morgan fingerprint density at radius 1 is 1.10 bits per heavy atom. The van der Waals surface area contributed by atoms with Crippen LogP contribution in [0.2, 0.25) is 0 Å². The number of carbonyl (C=O) groups is 3. The van der Waals surface area contributed by atoms with Gasteiger partial charge in [-0.05, 0) is 20.0 Å². The van der Waals surface area contributed by atoms with Gasteiger partial charge in [-0.15, -0.1) is 0 Å². The zero-order valence-electron chi connectivity index (χ0n) is 13.0. The molecule has 0 bridgehead atoms. The van der Waals surface area contributed by atoms with Crippen molar-refractivity contribution in [2.45, 2.75) is 26.3 Å². The van der Waals surface area contributed by atoms with E-state index in [0.29, 0.717) is 19.6 Å². The highest BCUT2D eigenvalue weighted by Crippen LogP contribution is 2.02. The molecule has 122 valence electrons. The Morgan fingerprint density at radius 2 is 1.67 bits per heavy atom. The second-order valence-electron chi connectivity index (χ2n) is 5.58. The quantitative estimate of drug-likeness (QED) is 0.559. The highest BCUT2D eigenvalue weighted by molar-refractivity contribution is 5.86. The number of carbonyl (C=O) groups excluding carboxylic acids is 1. The van der Waals surface area contributed by atoms with Crippen molar-refractivity contribution in [1.82, 2.24) is 15.1 Å². The summed E-state index contributed by atoms with van der Waals surface area (Å²) in [5, 5.41) is 19.9. The fourth-order valence-electron chi connectivity index (χ4n) is 1.65. The number of carboxylic acid groups (broad SMARTS) is 2. The highest BCUT2D eigenvalue weighted by atomic mass is 16.4. The van der Waals surface area contributed by atoms with Crippen molar-refractivity contribution in [2.75, 3.05) is 33.7 Å². The topological polar surface area (TPSA) is 110 Å². The third kappa shape index (κ3) is 8.85. The van der Waals surface area contributed by atoms with E-state index in [1.54, 1.807) is 0 Å². The molecule has 0 rings (SSSR count). The van der Waals surface area contributed by atoms with E-state index in [2.05, 4.69) is 5.32 Å². The van der Waals surface area contributed by atoms with E-state index in [1.807, 2.05) is 32.8 Å². The zero-order valence-corrected chi connectivity index (χ0v) is 13.0. The van der Waals surface area contributed by atoms with Crippen molar-refractivity contribution in [3.05, 3.63) is 0 Å². The summed E-state index contributed by atoms with van der Waals surface area (Å²) >= 11 is 0. The van der Waals surface area contributed by atoms with Crippen LogP contribution in [0.4, 0.5) is 4.79 Å². The number of urea groups is 1. The van der Waals surface area contributed by atoms with Crippen LogP contribution in [0.15, 0.2) is 0 Å². The molecule has 0 saturated heterocycles. The van der Waals surface area contributed by atoms with Crippen molar-refractivity contribution in [1.29, 1.82) is 0 Å². The summed E-state index contributed by atoms with van der Waals surface area (Å²) in [4.78, 5) is 37.1. The van der Waals surface area contributed by atoms with E-state index >= 15 is 0 Å². The van der Waals surface area contributed by atoms with E-state index in [9.17, 15) is 14.4 Å². The summed E-state index contributed by atoms with van der Waals surface area (Å²) in [6.45, 7) is 5.44. The highest BCUT2D eigenvalue weighted by Gasteiger charge is 2.25. The minimum atomic E-state index is -1.43. The molecule has 1 atom stereocenters. The summed E-state index contributed by atoms with van der Waals surface area (Å²) in [5.41, 5.74) is 0. The first-order valence-corrected chi connectivity index (χ1v) is 6.78. The molecule has 0 heterocycles. The molecule has 8 nitrogen and oxygen atoms in total. The first-order chi connectivity index (χ1) is 9.63. The Bertz CT molecular complexity index is 371. The number of amides is 2. The molecule has 21 heavy (non-hydrogen) atoms. The molecule has 8 heteroatoms. The molecule has 3 N–H and O–H groups in total. The number of nitrogens with zero attached hydrogens (tertiary/aromatic N) is 2. The Labute approximate surface area is 124 Å². The van der Waals surface area contributed by atoms with Crippen molar-refractivity contribution in [3.8, 4) is 0 Å². The fourth-order valence-corrected chi connectivity index (χ4v) is 1.65. The second-order valence-corrected chi connectivity index (χ2v) is 5.58. The van der Waals surface area contributed by atoms with Gasteiger partial charge in [0.1, 0.15) is 6.04 Å². The Morgan fingerprint density at radius 3 is 2.05 bits per heavy atom. The van der Waals surface area contributed by atoms with Gasteiger partial charge in [-0.1, -0.05) is 13.8 Å². The maximum Gasteiger partial charge on any atom is 0.326 e. The smallest absolute Gasteiger partial charge is 0.326 e.